The highest BCUT2D eigenvalue weighted by atomic mass is 79.9. The summed E-state index contributed by atoms with van der Waals surface area (Å²) in [5.41, 5.74) is 8.75. The van der Waals surface area contributed by atoms with Gasteiger partial charge in [0.05, 0.1) is 11.4 Å². The fourth-order valence-corrected chi connectivity index (χ4v) is 3.79. The first-order valence-electron chi connectivity index (χ1n) is 8.27. The molecule has 0 unspecified atom stereocenters. The van der Waals surface area contributed by atoms with Crippen LogP contribution in [0.2, 0.25) is 0 Å². The normalized spacial score (nSPS) is 10.8. The Labute approximate surface area is 167 Å². The number of hydrogen-bond acceptors (Lipinski definition) is 4. The highest BCUT2D eigenvalue weighted by Gasteiger charge is 2.14. The van der Waals surface area contributed by atoms with Crippen LogP contribution in [0, 0.1) is 27.7 Å². The smallest absolute Gasteiger partial charge is 0.187 e. The molecule has 0 saturated heterocycles. The lowest BCUT2D eigenvalue weighted by molar-refractivity contribution is 1.16. The van der Waals surface area contributed by atoms with E-state index < -0.39 is 0 Å². The minimum Gasteiger partial charge on any atom is -0.331 e. The summed E-state index contributed by atoms with van der Waals surface area (Å²) >= 11 is 1.61. The molecule has 3 heterocycles. The molecule has 0 aliphatic carbocycles. The third kappa shape index (κ3) is 3.39. The van der Waals surface area contributed by atoms with Crippen molar-refractivity contribution in [2.45, 2.75) is 27.7 Å². The fraction of sp³-hybridized carbons (Fsp3) is 0.200. The first kappa shape index (κ1) is 18.6. The van der Waals surface area contributed by atoms with Gasteiger partial charge in [-0.15, -0.1) is 28.3 Å². The molecule has 4 aromatic rings. The molecule has 6 heteroatoms. The zero-order chi connectivity index (χ0) is 17.6. The van der Waals surface area contributed by atoms with E-state index >= 15 is 0 Å². The summed E-state index contributed by atoms with van der Waals surface area (Å²) < 4.78 is 2.11. The maximum absolute atomic E-state index is 4.79. The molecule has 0 aliphatic rings. The van der Waals surface area contributed by atoms with E-state index in [4.69, 9.17) is 4.98 Å². The summed E-state index contributed by atoms with van der Waals surface area (Å²) in [5, 5.41) is 6.41. The predicted molar refractivity (Wildman–Crippen MR) is 115 cm³/mol. The first-order chi connectivity index (χ1) is 12.0. The molecule has 1 N–H and O–H groups in total. The van der Waals surface area contributed by atoms with Crippen molar-refractivity contribution in [3.05, 3.63) is 64.3 Å². The van der Waals surface area contributed by atoms with Crippen LogP contribution in [0.5, 0.6) is 0 Å². The number of imidazole rings is 1. The Morgan fingerprint density at radius 1 is 0.962 bits per heavy atom. The zero-order valence-corrected chi connectivity index (χ0v) is 17.7. The molecule has 0 atom stereocenters. The summed E-state index contributed by atoms with van der Waals surface area (Å²) in [7, 11) is 0. The Kier molecular flexibility index (Phi) is 5.16. The maximum Gasteiger partial charge on any atom is 0.187 e. The van der Waals surface area contributed by atoms with Crippen molar-refractivity contribution in [1.82, 2.24) is 14.4 Å². The van der Waals surface area contributed by atoms with Crippen molar-refractivity contribution in [3.63, 3.8) is 0 Å². The van der Waals surface area contributed by atoms with Crippen molar-refractivity contribution in [3.8, 4) is 11.4 Å². The second-order valence-corrected chi connectivity index (χ2v) is 7.32. The lowest BCUT2D eigenvalue weighted by Gasteiger charge is -2.07. The Morgan fingerprint density at radius 3 is 2.50 bits per heavy atom. The number of halogens is 1. The number of benzene rings is 1. The summed E-state index contributed by atoms with van der Waals surface area (Å²) in [6, 6.07) is 10.6. The van der Waals surface area contributed by atoms with E-state index in [1.807, 2.05) is 6.92 Å². The van der Waals surface area contributed by atoms with Gasteiger partial charge in [0, 0.05) is 17.3 Å². The Hall–Kier alpha value is -2.18. The van der Waals surface area contributed by atoms with Gasteiger partial charge in [-0.2, -0.15) is 0 Å². The average molecular weight is 429 g/mol. The number of rotatable bonds is 3. The minimum atomic E-state index is 0. The van der Waals surface area contributed by atoms with E-state index in [9.17, 15) is 0 Å². The molecular weight excluding hydrogens is 408 g/mol. The molecule has 134 valence electrons. The van der Waals surface area contributed by atoms with Crippen LogP contribution in [0.15, 0.2) is 41.9 Å². The number of anilines is 2. The molecule has 4 nitrogen and oxygen atoms in total. The van der Waals surface area contributed by atoms with Gasteiger partial charge in [-0.05, 0) is 57.0 Å². The lowest BCUT2D eigenvalue weighted by Crippen LogP contribution is -1.94. The SMILES string of the molecule is Br.Cc1ccc(Nc2nc(-c3c(C)nc4cc(C)ccn34)cs2)c(C)c1. The number of aromatic nitrogens is 3. The highest BCUT2D eigenvalue weighted by Crippen LogP contribution is 2.30. The van der Waals surface area contributed by atoms with Crippen LogP contribution in [-0.2, 0) is 0 Å². The topological polar surface area (TPSA) is 42.2 Å². The number of hydrogen-bond donors (Lipinski definition) is 1. The molecule has 0 bridgehead atoms. The van der Waals surface area contributed by atoms with Gasteiger partial charge in [-0.25, -0.2) is 9.97 Å². The Balaban J connectivity index is 0.00000196. The van der Waals surface area contributed by atoms with Gasteiger partial charge >= 0.3 is 0 Å². The van der Waals surface area contributed by atoms with Crippen LogP contribution in [0.1, 0.15) is 22.4 Å². The largest absolute Gasteiger partial charge is 0.331 e. The number of aryl methyl sites for hydroxylation is 4. The molecule has 26 heavy (non-hydrogen) atoms. The lowest BCUT2D eigenvalue weighted by atomic mass is 10.1. The van der Waals surface area contributed by atoms with Gasteiger partial charge in [0.1, 0.15) is 11.3 Å². The highest BCUT2D eigenvalue weighted by molar-refractivity contribution is 8.93. The van der Waals surface area contributed by atoms with Crippen LogP contribution in [-0.4, -0.2) is 14.4 Å². The third-order valence-electron chi connectivity index (χ3n) is 4.33. The maximum atomic E-state index is 4.79. The number of fused-ring (bicyclic) bond motifs is 1. The van der Waals surface area contributed by atoms with Gasteiger partial charge < -0.3 is 5.32 Å². The summed E-state index contributed by atoms with van der Waals surface area (Å²) in [6.45, 7) is 8.33. The predicted octanol–water partition coefficient (Wildman–Crippen LogP) is 6.01. The number of pyridine rings is 1. The second kappa shape index (κ2) is 7.21. The molecule has 1 aromatic carbocycles. The third-order valence-corrected chi connectivity index (χ3v) is 5.08. The molecule has 0 radical (unpaired) electrons. The summed E-state index contributed by atoms with van der Waals surface area (Å²) in [5.74, 6) is 0. The summed E-state index contributed by atoms with van der Waals surface area (Å²) in [6.07, 6.45) is 2.07. The van der Waals surface area contributed by atoms with Crippen LogP contribution < -0.4 is 5.32 Å². The Bertz CT molecular complexity index is 1080. The number of thiazole rings is 1. The van der Waals surface area contributed by atoms with Gasteiger partial charge in [0.25, 0.3) is 0 Å². The van der Waals surface area contributed by atoms with Crippen LogP contribution in [0.25, 0.3) is 17.0 Å². The van der Waals surface area contributed by atoms with E-state index in [0.29, 0.717) is 0 Å². The molecule has 4 rings (SSSR count). The molecule has 0 spiro atoms. The molecule has 0 fully saturated rings. The monoisotopic (exact) mass is 428 g/mol. The molecule has 0 saturated carbocycles. The second-order valence-electron chi connectivity index (χ2n) is 6.46. The van der Waals surface area contributed by atoms with Crippen LogP contribution >= 0.6 is 28.3 Å². The van der Waals surface area contributed by atoms with Crippen molar-refractivity contribution in [2.75, 3.05) is 5.32 Å². The van der Waals surface area contributed by atoms with Gasteiger partial charge in [0.2, 0.25) is 0 Å². The minimum absolute atomic E-state index is 0. The fourth-order valence-electron chi connectivity index (χ4n) is 3.08. The van der Waals surface area contributed by atoms with E-state index in [0.717, 1.165) is 33.5 Å². The zero-order valence-electron chi connectivity index (χ0n) is 15.2. The van der Waals surface area contributed by atoms with Crippen molar-refractivity contribution in [2.24, 2.45) is 0 Å². The molecule has 0 amide bonds. The quantitative estimate of drug-likeness (QED) is 0.434. The van der Waals surface area contributed by atoms with Crippen molar-refractivity contribution < 1.29 is 0 Å². The molecule has 0 aliphatic heterocycles. The average Bonchev–Trinajstić information content (AvgIpc) is 3.12. The molecular formula is C20H21BrN4S. The summed E-state index contributed by atoms with van der Waals surface area (Å²) in [4.78, 5) is 9.47. The van der Waals surface area contributed by atoms with Gasteiger partial charge in [-0.3, -0.25) is 4.40 Å². The van der Waals surface area contributed by atoms with Crippen LogP contribution in [0.4, 0.5) is 10.8 Å². The van der Waals surface area contributed by atoms with Crippen molar-refractivity contribution >= 4 is 44.8 Å². The number of nitrogens with zero attached hydrogens (tertiary/aromatic N) is 3. The van der Waals surface area contributed by atoms with E-state index in [2.05, 4.69) is 77.4 Å². The molecule has 3 aromatic heterocycles. The number of nitrogens with one attached hydrogen (secondary N) is 1. The van der Waals surface area contributed by atoms with Gasteiger partial charge in [0.15, 0.2) is 5.13 Å². The van der Waals surface area contributed by atoms with Crippen molar-refractivity contribution in [1.29, 1.82) is 0 Å². The standard InChI is InChI=1S/C20H20N4S.BrH/c1-12-5-6-16(14(3)9-12)22-20-23-17(11-25-20)19-15(4)21-18-10-13(2)7-8-24(18)19;/h5-11H,1-4H3,(H,22,23);1H. The van der Waals surface area contributed by atoms with Gasteiger partial charge in [-0.1, -0.05) is 17.7 Å². The Morgan fingerprint density at radius 2 is 1.73 bits per heavy atom. The van der Waals surface area contributed by atoms with E-state index in [-0.39, 0.29) is 17.0 Å². The van der Waals surface area contributed by atoms with Crippen LogP contribution in [0.3, 0.4) is 0 Å². The van der Waals surface area contributed by atoms with E-state index in [1.165, 1.54) is 16.7 Å². The van der Waals surface area contributed by atoms with E-state index in [1.54, 1.807) is 11.3 Å². The first-order valence-corrected chi connectivity index (χ1v) is 9.15.